The van der Waals surface area contributed by atoms with Crippen LogP contribution in [0, 0.1) is 11.8 Å². The van der Waals surface area contributed by atoms with Crippen LogP contribution < -0.4 is 0 Å². The molecule has 0 aromatic rings. The van der Waals surface area contributed by atoms with Crippen LogP contribution in [0.25, 0.3) is 0 Å². The van der Waals surface area contributed by atoms with E-state index in [1.54, 1.807) is 0 Å². The predicted molar refractivity (Wildman–Crippen MR) is 142 cm³/mol. The molecule has 11 heteroatoms. The quantitative estimate of drug-likeness (QED) is 0.163. The molecule has 0 heterocycles. The maximum atomic E-state index is 12.8. The molecular formula is C21H34Cl6Na2O3. The van der Waals surface area contributed by atoms with Crippen LogP contribution in [0.4, 0.5) is 4.79 Å². The first-order valence-corrected chi connectivity index (χ1v) is 13.3. The molecule has 3 nitrogen and oxygen atoms in total. The Hall–Kier alpha value is 3.01. The summed E-state index contributed by atoms with van der Waals surface area (Å²) in [5.41, 5.74) is 0. The number of carbonyl (C=O) groups is 1. The van der Waals surface area contributed by atoms with Crippen molar-refractivity contribution in [2.24, 2.45) is 11.8 Å². The summed E-state index contributed by atoms with van der Waals surface area (Å²) in [6.45, 7) is 0. The van der Waals surface area contributed by atoms with Crippen LogP contribution in [-0.4, -0.2) is 85.1 Å². The number of carbonyl (C=O) groups excluding carboxylic acids is 1. The zero-order valence-corrected chi connectivity index (χ0v) is 21.7. The molecule has 0 amide bonds. The van der Waals surface area contributed by atoms with Gasteiger partial charge in [0, 0.05) is 0 Å². The Morgan fingerprint density at radius 2 is 0.969 bits per heavy atom. The standard InChI is InChI=1S/C21H32Cl6O3.2Na.2H/c22-20(23,24)13-11-17(15-7-3-1-4-8-15)29-19(28)30-18(12-14-21(25,26)27)16-9-5-2-6-10-16;;;;/h15-18H,1-14H2;;;;. The second kappa shape index (κ2) is 17.5. The minimum atomic E-state index is -1.37. The summed E-state index contributed by atoms with van der Waals surface area (Å²) in [5, 5.41) is 0. The average molecular weight is 593 g/mol. The molecule has 2 atom stereocenters. The number of alkyl halides is 6. The van der Waals surface area contributed by atoms with Crippen molar-refractivity contribution in [2.45, 2.75) is 110 Å². The fourth-order valence-electron chi connectivity index (χ4n) is 4.68. The Labute approximate surface area is 267 Å². The first-order chi connectivity index (χ1) is 14.0. The first-order valence-electron chi connectivity index (χ1n) is 11.0. The molecule has 2 fully saturated rings. The molecule has 0 aromatic carbocycles. The molecule has 2 saturated carbocycles. The van der Waals surface area contributed by atoms with Gasteiger partial charge in [0.2, 0.25) is 0 Å². The van der Waals surface area contributed by atoms with Crippen molar-refractivity contribution in [3.8, 4) is 0 Å². The average Bonchev–Trinajstić information content (AvgIpc) is 2.68. The summed E-state index contributed by atoms with van der Waals surface area (Å²) in [5.74, 6) is 0.543. The van der Waals surface area contributed by atoms with E-state index in [0.29, 0.717) is 25.7 Å². The predicted octanol–water partition coefficient (Wildman–Crippen LogP) is 8.04. The van der Waals surface area contributed by atoms with Gasteiger partial charge in [-0.05, 0) is 63.2 Å². The van der Waals surface area contributed by atoms with Gasteiger partial charge in [-0.25, -0.2) is 4.79 Å². The van der Waals surface area contributed by atoms with Crippen LogP contribution in [0.1, 0.15) is 89.9 Å². The van der Waals surface area contributed by atoms with Crippen molar-refractivity contribution in [1.82, 2.24) is 0 Å². The Morgan fingerprint density at radius 1 is 0.656 bits per heavy atom. The summed E-state index contributed by atoms with van der Waals surface area (Å²) in [6.07, 6.45) is 11.3. The molecule has 2 rings (SSSR count). The van der Waals surface area contributed by atoms with Gasteiger partial charge in [-0.15, -0.1) is 0 Å². The van der Waals surface area contributed by atoms with Crippen LogP contribution in [0.3, 0.4) is 0 Å². The summed E-state index contributed by atoms with van der Waals surface area (Å²) in [7, 11) is 0. The van der Waals surface area contributed by atoms with Crippen molar-refractivity contribution in [1.29, 1.82) is 0 Å². The third-order valence-electron chi connectivity index (χ3n) is 6.27. The van der Waals surface area contributed by atoms with Gasteiger partial charge < -0.3 is 9.47 Å². The van der Waals surface area contributed by atoms with Crippen molar-refractivity contribution in [3.05, 3.63) is 0 Å². The molecule has 2 aliphatic carbocycles. The zero-order valence-electron chi connectivity index (χ0n) is 17.2. The van der Waals surface area contributed by atoms with Crippen LogP contribution in [0.5, 0.6) is 0 Å². The van der Waals surface area contributed by atoms with E-state index in [2.05, 4.69) is 0 Å². The van der Waals surface area contributed by atoms with E-state index in [1.165, 1.54) is 12.8 Å². The van der Waals surface area contributed by atoms with Crippen LogP contribution in [0.15, 0.2) is 0 Å². The fraction of sp³-hybridized carbons (Fsp3) is 0.952. The number of hydrogen-bond donors (Lipinski definition) is 0. The molecule has 32 heavy (non-hydrogen) atoms. The number of rotatable bonds is 8. The van der Waals surface area contributed by atoms with Gasteiger partial charge in [0.15, 0.2) is 7.59 Å². The molecule has 0 spiro atoms. The molecule has 180 valence electrons. The van der Waals surface area contributed by atoms with Crippen LogP contribution >= 0.6 is 69.6 Å². The third kappa shape index (κ3) is 15.3. The third-order valence-corrected chi connectivity index (χ3v) is 7.40. The Kier molecular flexibility index (Phi) is 19.2. The first kappa shape index (κ1) is 35.0. The molecule has 0 saturated heterocycles. The molecule has 0 N–H and O–H groups in total. The second-order valence-corrected chi connectivity index (χ2v) is 13.7. The second-order valence-electron chi connectivity index (χ2n) is 8.67. The normalized spacial score (nSPS) is 20.4. The van der Waals surface area contributed by atoms with E-state index >= 15 is 0 Å². The maximum absolute atomic E-state index is 12.8. The molecule has 2 aliphatic rings. The Bertz CT molecular complexity index is 475. The number of ether oxygens (including phenoxy) is 2. The summed E-state index contributed by atoms with van der Waals surface area (Å²) >= 11 is 35.7. The monoisotopic (exact) mass is 590 g/mol. The van der Waals surface area contributed by atoms with Gasteiger partial charge >= 0.3 is 65.3 Å². The van der Waals surface area contributed by atoms with Crippen LogP contribution in [-0.2, 0) is 9.47 Å². The van der Waals surface area contributed by atoms with E-state index in [9.17, 15) is 4.79 Å². The van der Waals surface area contributed by atoms with E-state index in [-0.39, 0.29) is 83.2 Å². The fourth-order valence-corrected chi connectivity index (χ4v) is 5.34. The Morgan fingerprint density at radius 3 is 1.25 bits per heavy atom. The van der Waals surface area contributed by atoms with Gasteiger partial charge in [-0.3, -0.25) is 0 Å². The van der Waals surface area contributed by atoms with E-state index in [0.717, 1.165) is 51.4 Å². The van der Waals surface area contributed by atoms with E-state index in [1.807, 2.05) is 0 Å². The van der Waals surface area contributed by atoms with Crippen molar-refractivity contribution in [3.63, 3.8) is 0 Å². The summed E-state index contributed by atoms with van der Waals surface area (Å²) in [4.78, 5) is 12.8. The summed E-state index contributed by atoms with van der Waals surface area (Å²) in [6, 6.07) is 0. The van der Waals surface area contributed by atoms with Crippen molar-refractivity contribution >= 4 is 135 Å². The number of hydrogen-bond acceptors (Lipinski definition) is 3. The van der Waals surface area contributed by atoms with Crippen molar-refractivity contribution < 1.29 is 14.3 Å². The van der Waals surface area contributed by atoms with Gasteiger partial charge in [0.05, 0.1) is 0 Å². The minimum absolute atomic E-state index is 0. The molecule has 0 bridgehead atoms. The van der Waals surface area contributed by atoms with Crippen LogP contribution in [0.2, 0.25) is 0 Å². The van der Waals surface area contributed by atoms with E-state index < -0.39 is 13.7 Å². The summed E-state index contributed by atoms with van der Waals surface area (Å²) < 4.78 is 8.87. The van der Waals surface area contributed by atoms with Gasteiger partial charge in [0.1, 0.15) is 12.2 Å². The molecular weight excluding hydrogens is 559 g/mol. The van der Waals surface area contributed by atoms with Gasteiger partial charge in [0.25, 0.3) is 0 Å². The SMILES string of the molecule is O=C(OC(CCC(Cl)(Cl)Cl)C1CCCCC1)OC(CCC(Cl)(Cl)Cl)C1CCCCC1.[NaH].[NaH]. The van der Waals surface area contributed by atoms with Crippen molar-refractivity contribution in [2.75, 3.05) is 0 Å². The van der Waals surface area contributed by atoms with Gasteiger partial charge in [-0.2, -0.15) is 0 Å². The number of halogens is 6. The molecule has 0 aliphatic heterocycles. The zero-order chi connectivity index (χ0) is 22.2. The molecule has 0 aromatic heterocycles. The van der Waals surface area contributed by atoms with E-state index in [4.69, 9.17) is 79.1 Å². The Balaban J connectivity index is 0.00000480. The molecule has 2 unspecified atom stereocenters. The topological polar surface area (TPSA) is 35.5 Å². The molecule has 0 radical (unpaired) electrons. The van der Waals surface area contributed by atoms with Gasteiger partial charge in [-0.1, -0.05) is 108 Å².